The molecule has 0 N–H and O–H groups in total. The number of hydrogen-bond acceptors (Lipinski definition) is 4. The van der Waals surface area contributed by atoms with Gasteiger partial charge in [0.15, 0.2) is 0 Å². The van der Waals surface area contributed by atoms with Crippen molar-refractivity contribution in [1.82, 2.24) is 0 Å². The van der Waals surface area contributed by atoms with Gasteiger partial charge < -0.3 is 0 Å². The predicted octanol–water partition coefficient (Wildman–Crippen LogP) is 12.7. The van der Waals surface area contributed by atoms with Gasteiger partial charge in [-0.15, -0.1) is 45.3 Å². The molecule has 0 atom stereocenters. The van der Waals surface area contributed by atoms with Crippen LogP contribution >= 0.6 is 45.3 Å². The van der Waals surface area contributed by atoms with Crippen molar-refractivity contribution in [2.75, 3.05) is 0 Å². The molecule has 5 aromatic carbocycles. The molecule has 0 aliphatic rings. The average Bonchev–Trinajstić information content (AvgIpc) is 3.73. The summed E-state index contributed by atoms with van der Waals surface area (Å²) in [4.78, 5) is 2.65. The summed E-state index contributed by atoms with van der Waals surface area (Å²) in [7, 11) is 0. The molecule has 188 valence electrons. The van der Waals surface area contributed by atoms with Gasteiger partial charge in [0, 0.05) is 39.3 Å². The van der Waals surface area contributed by atoms with E-state index in [4.69, 9.17) is 0 Å². The van der Waals surface area contributed by atoms with Gasteiger partial charge in [0.2, 0.25) is 0 Å². The van der Waals surface area contributed by atoms with Crippen LogP contribution in [-0.4, -0.2) is 0 Å². The third-order valence-electron chi connectivity index (χ3n) is 7.66. The first-order chi connectivity index (χ1) is 19.7. The molecule has 0 saturated heterocycles. The Balaban J connectivity index is 1.05. The summed E-state index contributed by atoms with van der Waals surface area (Å²) in [6, 6.07) is 40.5. The first-order valence-electron chi connectivity index (χ1n) is 13.2. The van der Waals surface area contributed by atoms with Gasteiger partial charge >= 0.3 is 0 Å². The molecule has 0 aliphatic carbocycles. The standard InChI is InChI=1S/C36H20S4/c1-3-7-30-28(5-1)35-33(38-30)19-27(37-35)14-10-21-9-11-22-17-26-18-24(13-12-23(26)16-25(22)15-21)32-20-34-36(40-32)29-6-2-4-8-31(29)39-34/h1-20H. The first kappa shape index (κ1) is 23.0. The van der Waals surface area contributed by atoms with E-state index in [0.717, 1.165) is 0 Å². The van der Waals surface area contributed by atoms with E-state index < -0.39 is 0 Å². The Morgan fingerprint density at radius 1 is 0.425 bits per heavy atom. The van der Waals surface area contributed by atoms with E-state index >= 15 is 0 Å². The second-order valence-electron chi connectivity index (χ2n) is 10.2. The summed E-state index contributed by atoms with van der Waals surface area (Å²) in [6.45, 7) is 0. The molecule has 0 fully saturated rings. The normalized spacial score (nSPS) is 12.4. The molecule has 0 amide bonds. The third-order valence-corrected chi connectivity index (χ3v) is 12.5. The fraction of sp³-hybridized carbons (Fsp3) is 0. The number of thiophene rings is 4. The zero-order valence-electron chi connectivity index (χ0n) is 21.2. The van der Waals surface area contributed by atoms with Gasteiger partial charge in [-0.2, -0.15) is 0 Å². The molecular weight excluding hydrogens is 561 g/mol. The summed E-state index contributed by atoms with van der Waals surface area (Å²) < 4.78 is 8.32. The van der Waals surface area contributed by atoms with Crippen molar-refractivity contribution < 1.29 is 0 Å². The first-order valence-corrected chi connectivity index (χ1v) is 16.5. The number of benzene rings is 5. The molecule has 9 aromatic rings. The van der Waals surface area contributed by atoms with Crippen LogP contribution in [0, 0.1) is 0 Å². The summed E-state index contributed by atoms with van der Waals surface area (Å²) in [5.74, 6) is 0. The minimum absolute atomic E-state index is 1.23. The maximum atomic E-state index is 2.37. The van der Waals surface area contributed by atoms with Crippen LogP contribution in [0.25, 0.3) is 83.1 Å². The van der Waals surface area contributed by atoms with E-state index in [-0.39, 0.29) is 0 Å². The summed E-state index contributed by atoms with van der Waals surface area (Å²) >= 11 is 7.58. The van der Waals surface area contributed by atoms with Crippen molar-refractivity contribution in [2.45, 2.75) is 0 Å². The van der Waals surface area contributed by atoms with Crippen LogP contribution in [0.3, 0.4) is 0 Å². The SMILES string of the molecule is C(=Cc1cc2sc3ccccc3c2s1)c1ccc2cc3cc(-c4cc5sc6ccccc6c5s4)ccc3cc2c1. The van der Waals surface area contributed by atoms with Gasteiger partial charge in [-0.25, -0.2) is 0 Å². The van der Waals surface area contributed by atoms with Crippen molar-refractivity contribution in [3.8, 4) is 10.4 Å². The third kappa shape index (κ3) is 3.68. The summed E-state index contributed by atoms with van der Waals surface area (Å²) in [6.07, 6.45) is 4.51. The molecule has 9 rings (SSSR count). The molecule has 0 aliphatic heterocycles. The number of rotatable bonds is 3. The monoisotopic (exact) mass is 580 g/mol. The van der Waals surface area contributed by atoms with Crippen molar-refractivity contribution in [3.63, 3.8) is 0 Å². The Labute approximate surface area is 246 Å². The topological polar surface area (TPSA) is 0 Å². The maximum Gasteiger partial charge on any atom is 0.0535 e. The van der Waals surface area contributed by atoms with Crippen LogP contribution in [0.4, 0.5) is 0 Å². The van der Waals surface area contributed by atoms with Crippen LogP contribution in [0.15, 0.2) is 109 Å². The molecule has 0 saturated carbocycles. The lowest BCUT2D eigenvalue weighted by Crippen LogP contribution is -1.80. The van der Waals surface area contributed by atoms with E-state index in [1.165, 1.54) is 81.4 Å². The lowest BCUT2D eigenvalue weighted by molar-refractivity contribution is 1.72. The summed E-state index contributed by atoms with van der Waals surface area (Å²) in [5.41, 5.74) is 2.53. The Morgan fingerprint density at radius 2 is 1.07 bits per heavy atom. The van der Waals surface area contributed by atoms with Crippen molar-refractivity contribution in [2.24, 2.45) is 0 Å². The second-order valence-corrected chi connectivity index (χ2v) is 14.5. The largest absolute Gasteiger partial charge is 0.134 e. The van der Waals surface area contributed by atoms with Crippen molar-refractivity contribution in [3.05, 3.63) is 120 Å². The highest BCUT2D eigenvalue weighted by Crippen LogP contribution is 2.43. The highest BCUT2D eigenvalue weighted by molar-refractivity contribution is 7.34. The smallest absolute Gasteiger partial charge is 0.0535 e. The van der Waals surface area contributed by atoms with Gasteiger partial charge in [-0.1, -0.05) is 66.7 Å². The lowest BCUT2D eigenvalue weighted by Gasteiger charge is -2.06. The van der Waals surface area contributed by atoms with E-state index in [2.05, 4.69) is 121 Å². The van der Waals surface area contributed by atoms with Crippen molar-refractivity contribution >= 4 is 118 Å². The summed E-state index contributed by atoms with van der Waals surface area (Å²) in [5, 5.41) is 7.89. The second kappa shape index (κ2) is 8.85. The van der Waals surface area contributed by atoms with Crippen LogP contribution in [0.2, 0.25) is 0 Å². The maximum absolute atomic E-state index is 2.37. The van der Waals surface area contributed by atoms with E-state index in [1.807, 2.05) is 45.3 Å². The zero-order chi connectivity index (χ0) is 26.2. The fourth-order valence-electron chi connectivity index (χ4n) is 5.69. The van der Waals surface area contributed by atoms with Crippen LogP contribution < -0.4 is 0 Å². The zero-order valence-corrected chi connectivity index (χ0v) is 24.4. The van der Waals surface area contributed by atoms with Crippen molar-refractivity contribution in [1.29, 1.82) is 0 Å². The van der Waals surface area contributed by atoms with Gasteiger partial charge in [0.05, 0.1) is 9.40 Å². The van der Waals surface area contributed by atoms with Gasteiger partial charge in [-0.05, 0) is 87.3 Å². The lowest BCUT2D eigenvalue weighted by atomic mass is 9.99. The fourth-order valence-corrected chi connectivity index (χ4v) is 10.7. The Morgan fingerprint density at radius 3 is 1.85 bits per heavy atom. The number of fused-ring (bicyclic) bond motifs is 8. The minimum Gasteiger partial charge on any atom is -0.134 e. The van der Waals surface area contributed by atoms with Gasteiger partial charge in [0.1, 0.15) is 0 Å². The van der Waals surface area contributed by atoms with Gasteiger partial charge in [0.25, 0.3) is 0 Å². The van der Waals surface area contributed by atoms with Gasteiger partial charge in [-0.3, -0.25) is 0 Å². The molecule has 40 heavy (non-hydrogen) atoms. The Bertz CT molecular complexity index is 2440. The molecule has 0 bridgehead atoms. The molecule has 0 nitrogen and oxygen atoms in total. The average molecular weight is 581 g/mol. The van der Waals surface area contributed by atoms with E-state index in [0.29, 0.717) is 0 Å². The molecule has 4 heterocycles. The predicted molar refractivity (Wildman–Crippen MR) is 184 cm³/mol. The molecule has 4 aromatic heterocycles. The van der Waals surface area contributed by atoms with Crippen LogP contribution in [-0.2, 0) is 0 Å². The highest BCUT2D eigenvalue weighted by Gasteiger charge is 2.12. The van der Waals surface area contributed by atoms with Crippen LogP contribution in [0.5, 0.6) is 0 Å². The molecule has 0 unspecified atom stereocenters. The number of hydrogen-bond donors (Lipinski definition) is 0. The van der Waals surface area contributed by atoms with E-state index in [1.54, 1.807) is 0 Å². The molecule has 0 radical (unpaired) electrons. The molecule has 4 heteroatoms. The Kier molecular flexibility index (Phi) is 5.08. The molecular formula is C36H20S4. The minimum atomic E-state index is 1.23. The highest BCUT2D eigenvalue weighted by atomic mass is 32.1. The van der Waals surface area contributed by atoms with E-state index in [9.17, 15) is 0 Å². The van der Waals surface area contributed by atoms with Crippen LogP contribution in [0.1, 0.15) is 10.4 Å². The molecule has 0 spiro atoms. The quantitative estimate of drug-likeness (QED) is 0.182. The Hall–Kier alpha value is -3.80.